The maximum atomic E-state index is 13.1. The molecule has 0 aliphatic carbocycles. The Bertz CT molecular complexity index is 588. The molecule has 9 heteroatoms. The highest BCUT2D eigenvalue weighted by atomic mass is 19.4. The molecule has 0 aliphatic rings. The van der Waals surface area contributed by atoms with Gasteiger partial charge in [-0.05, 0) is 31.5 Å². The molecular weight excluding hydrogens is 320 g/mol. The number of nitrogens with one attached hydrogen (secondary N) is 1. The quantitative estimate of drug-likeness (QED) is 0.653. The zero-order valence-corrected chi connectivity index (χ0v) is 12.4. The van der Waals surface area contributed by atoms with Gasteiger partial charge in [-0.15, -0.1) is 0 Å². The monoisotopic (exact) mass is 336 g/mol. The van der Waals surface area contributed by atoms with Crippen LogP contribution in [-0.2, 0) is 15.8 Å². The smallest absolute Gasteiger partial charge is 0.393 e. The van der Waals surface area contributed by atoms with Crippen molar-refractivity contribution < 1.29 is 32.3 Å². The lowest BCUT2D eigenvalue weighted by molar-refractivity contribution is -0.142. The molecule has 1 atom stereocenters. The SMILES string of the molecule is CC(O)CCN(C)C(=O)C(=O)Nc1ccc(F)c(C(F)(F)F)c1. The van der Waals surface area contributed by atoms with Crippen LogP contribution in [0.5, 0.6) is 0 Å². The van der Waals surface area contributed by atoms with Gasteiger partial charge in [-0.3, -0.25) is 9.59 Å². The molecular formula is C14H16F4N2O3. The summed E-state index contributed by atoms with van der Waals surface area (Å²) in [7, 11) is 1.32. The van der Waals surface area contributed by atoms with Gasteiger partial charge in [0.2, 0.25) is 0 Å². The van der Waals surface area contributed by atoms with Crippen molar-refractivity contribution in [2.45, 2.75) is 25.6 Å². The van der Waals surface area contributed by atoms with Crippen LogP contribution < -0.4 is 5.32 Å². The summed E-state index contributed by atoms with van der Waals surface area (Å²) < 4.78 is 50.9. The molecule has 1 aromatic rings. The highest BCUT2D eigenvalue weighted by Crippen LogP contribution is 2.32. The number of aliphatic hydroxyl groups is 1. The van der Waals surface area contributed by atoms with Gasteiger partial charge < -0.3 is 15.3 Å². The number of benzene rings is 1. The first kappa shape index (κ1) is 18.9. The first-order chi connectivity index (χ1) is 10.5. The molecule has 0 fully saturated rings. The average molecular weight is 336 g/mol. The van der Waals surface area contributed by atoms with Crippen molar-refractivity contribution in [2.75, 3.05) is 18.9 Å². The first-order valence-electron chi connectivity index (χ1n) is 6.63. The van der Waals surface area contributed by atoms with E-state index in [0.717, 1.165) is 11.0 Å². The Hall–Kier alpha value is -2.16. The fourth-order valence-corrected chi connectivity index (χ4v) is 1.66. The lowest BCUT2D eigenvalue weighted by Crippen LogP contribution is -2.38. The summed E-state index contributed by atoms with van der Waals surface area (Å²) in [5.74, 6) is -3.61. The van der Waals surface area contributed by atoms with Crippen LogP contribution in [0.3, 0.4) is 0 Å². The van der Waals surface area contributed by atoms with E-state index < -0.39 is 35.5 Å². The van der Waals surface area contributed by atoms with Gasteiger partial charge in [-0.25, -0.2) is 4.39 Å². The summed E-state index contributed by atoms with van der Waals surface area (Å²) >= 11 is 0. The Labute approximate surface area is 129 Å². The number of alkyl halides is 3. The van der Waals surface area contributed by atoms with Crippen molar-refractivity contribution in [1.29, 1.82) is 0 Å². The van der Waals surface area contributed by atoms with Gasteiger partial charge in [0.05, 0.1) is 11.7 Å². The number of anilines is 1. The van der Waals surface area contributed by atoms with Crippen molar-refractivity contribution in [1.82, 2.24) is 4.90 Å². The molecule has 0 saturated heterocycles. The fourth-order valence-electron chi connectivity index (χ4n) is 1.66. The standard InChI is InChI=1S/C14H16F4N2O3/c1-8(21)5-6-20(2)13(23)12(22)19-9-3-4-11(15)10(7-9)14(16,17)18/h3-4,7-8,21H,5-6H2,1-2H3,(H,19,22). The minimum absolute atomic E-state index is 0.0984. The molecule has 5 nitrogen and oxygen atoms in total. The predicted octanol–water partition coefficient (Wildman–Crippen LogP) is 2.01. The van der Waals surface area contributed by atoms with Gasteiger partial charge in [-0.1, -0.05) is 0 Å². The Balaban J connectivity index is 2.79. The van der Waals surface area contributed by atoms with Crippen molar-refractivity contribution in [2.24, 2.45) is 0 Å². The molecule has 2 N–H and O–H groups in total. The number of hydrogen-bond acceptors (Lipinski definition) is 3. The zero-order chi connectivity index (χ0) is 17.8. The van der Waals surface area contributed by atoms with Gasteiger partial charge >= 0.3 is 18.0 Å². The molecule has 1 aromatic carbocycles. The number of nitrogens with zero attached hydrogens (tertiary/aromatic N) is 1. The molecule has 0 bridgehead atoms. The number of carbonyl (C=O) groups excluding carboxylic acids is 2. The van der Waals surface area contributed by atoms with E-state index in [-0.39, 0.29) is 18.7 Å². The van der Waals surface area contributed by atoms with Gasteiger partial charge in [0.25, 0.3) is 0 Å². The molecule has 0 radical (unpaired) electrons. The van der Waals surface area contributed by atoms with Crippen LogP contribution in [0.1, 0.15) is 18.9 Å². The van der Waals surface area contributed by atoms with Crippen LogP contribution >= 0.6 is 0 Å². The summed E-state index contributed by atoms with van der Waals surface area (Å²) in [4.78, 5) is 24.5. The largest absolute Gasteiger partial charge is 0.419 e. The molecule has 0 spiro atoms. The normalized spacial score (nSPS) is 12.7. The topological polar surface area (TPSA) is 69.6 Å². The van der Waals surface area contributed by atoms with Gasteiger partial charge in [0, 0.05) is 19.3 Å². The minimum atomic E-state index is -4.91. The van der Waals surface area contributed by atoms with Crippen LogP contribution in [0.15, 0.2) is 18.2 Å². The number of aliphatic hydroxyl groups excluding tert-OH is 1. The van der Waals surface area contributed by atoms with Crippen LogP contribution in [0.2, 0.25) is 0 Å². The minimum Gasteiger partial charge on any atom is -0.393 e. The number of halogens is 4. The number of carbonyl (C=O) groups is 2. The lowest BCUT2D eigenvalue weighted by atomic mass is 10.2. The third-order valence-electron chi connectivity index (χ3n) is 2.95. The first-order valence-corrected chi connectivity index (χ1v) is 6.63. The number of likely N-dealkylation sites (N-methyl/N-ethyl adjacent to an activating group) is 1. The number of amides is 2. The van der Waals surface area contributed by atoms with E-state index in [1.807, 2.05) is 5.32 Å². The van der Waals surface area contributed by atoms with Crippen LogP contribution in [0.4, 0.5) is 23.2 Å². The van der Waals surface area contributed by atoms with Gasteiger partial charge in [-0.2, -0.15) is 13.2 Å². The Morgan fingerprint density at radius 2 is 1.96 bits per heavy atom. The van der Waals surface area contributed by atoms with Crippen LogP contribution in [0.25, 0.3) is 0 Å². The molecule has 1 unspecified atom stereocenters. The van der Waals surface area contributed by atoms with E-state index in [2.05, 4.69) is 0 Å². The second kappa shape index (κ2) is 7.40. The van der Waals surface area contributed by atoms with Crippen molar-refractivity contribution >= 4 is 17.5 Å². The predicted molar refractivity (Wildman–Crippen MR) is 74.0 cm³/mol. The summed E-state index contributed by atoms with van der Waals surface area (Å²) in [5.41, 5.74) is -1.88. The van der Waals surface area contributed by atoms with E-state index in [9.17, 15) is 27.2 Å². The zero-order valence-electron chi connectivity index (χ0n) is 12.4. The van der Waals surface area contributed by atoms with Crippen molar-refractivity contribution in [3.05, 3.63) is 29.6 Å². The van der Waals surface area contributed by atoms with Gasteiger partial charge in [0.1, 0.15) is 5.82 Å². The molecule has 0 aliphatic heterocycles. The molecule has 0 heterocycles. The third-order valence-corrected chi connectivity index (χ3v) is 2.95. The second-order valence-corrected chi connectivity index (χ2v) is 5.01. The molecule has 128 valence electrons. The highest BCUT2D eigenvalue weighted by Gasteiger charge is 2.34. The van der Waals surface area contributed by atoms with E-state index in [1.54, 1.807) is 0 Å². The summed E-state index contributed by atoms with van der Waals surface area (Å²) in [6.45, 7) is 1.61. The third kappa shape index (κ3) is 5.51. The average Bonchev–Trinajstić information content (AvgIpc) is 2.44. The second-order valence-electron chi connectivity index (χ2n) is 5.01. The molecule has 2 amide bonds. The van der Waals surface area contributed by atoms with Gasteiger partial charge in [0.15, 0.2) is 0 Å². The molecule has 23 heavy (non-hydrogen) atoms. The van der Waals surface area contributed by atoms with E-state index in [4.69, 9.17) is 5.11 Å². The maximum absolute atomic E-state index is 13.1. The van der Waals surface area contributed by atoms with Crippen LogP contribution in [0, 0.1) is 5.82 Å². The summed E-state index contributed by atoms with van der Waals surface area (Å²) in [6, 6.07) is 1.89. The molecule has 1 rings (SSSR count). The van der Waals surface area contributed by atoms with Crippen molar-refractivity contribution in [3.63, 3.8) is 0 Å². The Kier molecular flexibility index (Phi) is 6.08. The number of hydrogen-bond donors (Lipinski definition) is 2. The van der Waals surface area contributed by atoms with Crippen molar-refractivity contribution in [3.8, 4) is 0 Å². The lowest BCUT2D eigenvalue weighted by Gasteiger charge is -2.17. The van der Waals surface area contributed by atoms with E-state index in [1.165, 1.54) is 14.0 Å². The van der Waals surface area contributed by atoms with E-state index >= 15 is 0 Å². The molecule has 0 saturated carbocycles. The Morgan fingerprint density at radius 3 is 2.48 bits per heavy atom. The highest BCUT2D eigenvalue weighted by molar-refractivity contribution is 6.39. The van der Waals surface area contributed by atoms with Crippen LogP contribution in [-0.4, -0.2) is 41.5 Å². The maximum Gasteiger partial charge on any atom is 0.419 e. The summed E-state index contributed by atoms with van der Waals surface area (Å²) in [6.07, 6.45) is -5.34. The summed E-state index contributed by atoms with van der Waals surface area (Å²) in [5, 5.41) is 11.1. The number of rotatable bonds is 4. The molecule has 0 aromatic heterocycles. The fraction of sp³-hybridized carbons (Fsp3) is 0.429. The Morgan fingerprint density at radius 1 is 1.35 bits per heavy atom. The van der Waals surface area contributed by atoms with E-state index in [0.29, 0.717) is 12.1 Å².